The van der Waals surface area contributed by atoms with E-state index in [-0.39, 0.29) is 23.4 Å². The Labute approximate surface area is 231 Å². The molecular formula is C27H29BrClN3O4S. The lowest BCUT2D eigenvalue weighted by Gasteiger charge is -2.32. The largest absolute Gasteiger partial charge is 0.352 e. The zero-order valence-electron chi connectivity index (χ0n) is 20.8. The van der Waals surface area contributed by atoms with Crippen LogP contribution < -0.4 is 9.62 Å². The number of benzene rings is 3. The average Bonchev–Trinajstić information content (AvgIpc) is 2.86. The van der Waals surface area contributed by atoms with E-state index in [9.17, 15) is 18.0 Å². The molecule has 0 saturated heterocycles. The monoisotopic (exact) mass is 605 g/mol. The Kier molecular flexibility index (Phi) is 9.75. The molecule has 37 heavy (non-hydrogen) atoms. The third-order valence-electron chi connectivity index (χ3n) is 5.57. The van der Waals surface area contributed by atoms with Gasteiger partial charge in [-0.05, 0) is 68.8 Å². The van der Waals surface area contributed by atoms with Crippen molar-refractivity contribution in [2.75, 3.05) is 10.8 Å². The number of hydrogen-bond acceptors (Lipinski definition) is 4. The summed E-state index contributed by atoms with van der Waals surface area (Å²) in [5, 5.41) is 3.37. The minimum Gasteiger partial charge on any atom is -0.352 e. The van der Waals surface area contributed by atoms with Crippen molar-refractivity contribution in [1.82, 2.24) is 10.2 Å². The molecule has 196 valence electrons. The molecule has 3 aromatic carbocycles. The van der Waals surface area contributed by atoms with Crippen molar-refractivity contribution >= 4 is 55.1 Å². The number of sulfonamides is 1. The van der Waals surface area contributed by atoms with E-state index in [1.54, 1.807) is 73.7 Å². The van der Waals surface area contributed by atoms with Crippen LogP contribution in [0, 0.1) is 0 Å². The average molecular weight is 607 g/mol. The van der Waals surface area contributed by atoms with Gasteiger partial charge in [-0.3, -0.25) is 13.9 Å². The van der Waals surface area contributed by atoms with Crippen molar-refractivity contribution in [3.8, 4) is 0 Å². The topological polar surface area (TPSA) is 86.8 Å². The highest BCUT2D eigenvalue weighted by Gasteiger charge is 2.32. The summed E-state index contributed by atoms with van der Waals surface area (Å²) in [6, 6.07) is 20.6. The normalized spacial score (nSPS) is 12.2. The number of carbonyl (C=O) groups excluding carboxylic acids is 2. The van der Waals surface area contributed by atoms with E-state index in [0.717, 1.165) is 9.87 Å². The highest BCUT2D eigenvalue weighted by molar-refractivity contribution is 9.10. The Morgan fingerprint density at radius 3 is 2.19 bits per heavy atom. The van der Waals surface area contributed by atoms with Gasteiger partial charge in [-0.15, -0.1) is 0 Å². The first kappa shape index (κ1) is 28.7. The fourth-order valence-corrected chi connectivity index (χ4v) is 5.59. The molecule has 0 fully saturated rings. The summed E-state index contributed by atoms with van der Waals surface area (Å²) in [7, 11) is -4.10. The minimum absolute atomic E-state index is 0.0534. The first-order valence-electron chi connectivity index (χ1n) is 11.7. The van der Waals surface area contributed by atoms with Gasteiger partial charge >= 0.3 is 0 Å². The number of hydrogen-bond donors (Lipinski definition) is 1. The zero-order chi connectivity index (χ0) is 27.2. The van der Waals surface area contributed by atoms with Crippen LogP contribution in [0.25, 0.3) is 0 Å². The smallest absolute Gasteiger partial charge is 0.264 e. The van der Waals surface area contributed by atoms with Crippen LogP contribution in [0.5, 0.6) is 0 Å². The molecule has 0 bridgehead atoms. The summed E-state index contributed by atoms with van der Waals surface area (Å²) < 4.78 is 29.1. The number of rotatable bonds is 10. The minimum atomic E-state index is -4.10. The lowest BCUT2D eigenvalue weighted by atomic mass is 10.1. The molecule has 1 N–H and O–H groups in total. The predicted octanol–water partition coefficient (Wildman–Crippen LogP) is 5.24. The summed E-state index contributed by atoms with van der Waals surface area (Å²) in [6.45, 7) is 4.89. The summed E-state index contributed by atoms with van der Waals surface area (Å²) in [5.41, 5.74) is 1.07. The van der Waals surface area contributed by atoms with E-state index in [4.69, 9.17) is 11.6 Å². The molecule has 0 saturated carbocycles. The van der Waals surface area contributed by atoms with E-state index in [2.05, 4.69) is 21.2 Å². The molecule has 1 atom stereocenters. The maximum absolute atomic E-state index is 13.8. The number of carbonyl (C=O) groups is 2. The van der Waals surface area contributed by atoms with Gasteiger partial charge < -0.3 is 10.2 Å². The van der Waals surface area contributed by atoms with Gasteiger partial charge in [-0.1, -0.05) is 63.9 Å². The van der Waals surface area contributed by atoms with E-state index in [0.29, 0.717) is 15.2 Å². The lowest BCUT2D eigenvalue weighted by molar-refractivity contribution is -0.139. The number of nitrogens with one attached hydrogen (secondary N) is 1. The van der Waals surface area contributed by atoms with Gasteiger partial charge in [0.1, 0.15) is 12.6 Å². The molecule has 10 heteroatoms. The molecule has 3 rings (SSSR count). The molecule has 0 aliphatic carbocycles. The van der Waals surface area contributed by atoms with Gasteiger partial charge in [0.25, 0.3) is 10.0 Å². The first-order chi connectivity index (χ1) is 17.5. The van der Waals surface area contributed by atoms with Gasteiger partial charge in [0.2, 0.25) is 11.8 Å². The summed E-state index contributed by atoms with van der Waals surface area (Å²) in [4.78, 5) is 28.1. The molecule has 7 nitrogen and oxygen atoms in total. The molecule has 0 aliphatic heterocycles. The van der Waals surface area contributed by atoms with Crippen LogP contribution in [0.2, 0.25) is 5.02 Å². The summed E-state index contributed by atoms with van der Waals surface area (Å²) in [6.07, 6.45) is 0. The van der Waals surface area contributed by atoms with Crippen LogP contribution in [0.4, 0.5) is 5.69 Å². The highest BCUT2D eigenvalue weighted by Crippen LogP contribution is 2.27. The van der Waals surface area contributed by atoms with Crippen molar-refractivity contribution in [1.29, 1.82) is 0 Å². The van der Waals surface area contributed by atoms with Crippen molar-refractivity contribution in [3.05, 3.63) is 93.9 Å². The lowest BCUT2D eigenvalue weighted by Crippen LogP contribution is -2.52. The van der Waals surface area contributed by atoms with Crippen molar-refractivity contribution in [2.24, 2.45) is 0 Å². The fourth-order valence-electron chi connectivity index (χ4n) is 3.65. The van der Waals surface area contributed by atoms with E-state index in [1.165, 1.54) is 17.0 Å². The highest BCUT2D eigenvalue weighted by atomic mass is 79.9. The molecule has 0 aliphatic rings. The first-order valence-corrected chi connectivity index (χ1v) is 14.3. The zero-order valence-corrected chi connectivity index (χ0v) is 23.9. The van der Waals surface area contributed by atoms with E-state index < -0.39 is 28.5 Å². The Hall–Kier alpha value is -2.88. The van der Waals surface area contributed by atoms with Crippen LogP contribution >= 0.6 is 27.5 Å². The van der Waals surface area contributed by atoms with Crippen LogP contribution in [0.15, 0.2) is 88.2 Å². The molecule has 0 spiro atoms. The Bertz CT molecular complexity index is 1340. The van der Waals surface area contributed by atoms with Crippen molar-refractivity contribution < 1.29 is 18.0 Å². The molecular weight excluding hydrogens is 578 g/mol. The predicted molar refractivity (Wildman–Crippen MR) is 150 cm³/mol. The van der Waals surface area contributed by atoms with E-state index in [1.807, 2.05) is 13.8 Å². The number of halogens is 2. The molecule has 0 radical (unpaired) electrons. The quantitative estimate of drug-likeness (QED) is 0.342. The standard InChI is InChI=1S/C27H29BrClN3O4S/c1-19(2)30-27(34)20(3)31(17-21-12-14-23(29)15-13-21)26(33)18-32(24-9-7-8-22(28)16-24)37(35,36)25-10-5-4-6-11-25/h4-16,19-20H,17-18H2,1-3H3,(H,30,34)/t20-/m1/s1. The summed E-state index contributed by atoms with van der Waals surface area (Å²) >= 11 is 9.40. The van der Waals surface area contributed by atoms with Crippen LogP contribution in [0.3, 0.4) is 0 Å². The molecule has 3 aromatic rings. The number of anilines is 1. The van der Waals surface area contributed by atoms with Gasteiger partial charge in [0, 0.05) is 22.1 Å². The van der Waals surface area contributed by atoms with Crippen molar-refractivity contribution in [3.63, 3.8) is 0 Å². The van der Waals surface area contributed by atoms with Gasteiger partial charge in [0.05, 0.1) is 10.6 Å². The van der Waals surface area contributed by atoms with Gasteiger partial charge in [-0.25, -0.2) is 8.42 Å². The number of nitrogens with zero attached hydrogens (tertiary/aromatic N) is 2. The Balaban J connectivity index is 2.01. The molecule has 2 amide bonds. The third-order valence-corrected chi connectivity index (χ3v) is 8.10. The maximum atomic E-state index is 13.8. The fraction of sp³-hybridized carbons (Fsp3) is 0.259. The van der Waals surface area contributed by atoms with Crippen LogP contribution in [-0.4, -0.2) is 43.8 Å². The molecule has 0 unspecified atom stereocenters. The second-order valence-corrected chi connectivity index (χ2v) is 12.0. The SMILES string of the molecule is CC(C)NC(=O)[C@@H](C)N(Cc1ccc(Cl)cc1)C(=O)CN(c1cccc(Br)c1)S(=O)(=O)c1ccccc1. The molecule has 0 heterocycles. The van der Waals surface area contributed by atoms with Crippen molar-refractivity contribution in [2.45, 2.75) is 44.3 Å². The Morgan fingerprint density at radius 1 is 0.946 bits per heavy atom. The Morgan fingerprint density at radius 2 is 1.59 bits per heavy atom. The summed E-state index contributed by atoms with van der Waals surface area (Å²) in [5.74, 6) is -0.863. The second kappa shape index (κ2) is 12.6. The van der Waals surface area contributed by atoms with Gasteiger partial charge in [0.15, 0.2) is 0 Å². The second-order valence-electron chi connectivity index (χ2n) is 8.79. The van der Waals surface area contributed by atoms with Gasteiger partial charge in [-0.2, -0.15) is 0 Å². The maximum Gasteiger partial charge on any atom is 0.264 e. The number of amides is 2. The van der Waals surface area contributed by atoms with Crippen LogP contribution in [0.1, 0.15) is 26.3 Å². The van der Waals surface area contributed by atoms with Crippen LogP contribution in [-0.2, 0) is 26.2 Å². The molecule has 0 aromatic heterocycles. The van der Waals surface area contributed by atoms with E-state index >= 15 is 0 Å². The third kappa shape index (κ3) is 7.56.